The number of nitrogens with zero attached hydrogens (tertiary/aromatic N) is 8. The number of benzene rings is 2. The van der Waals surface area contributed by atoms with E-state index in [1.54, 1.807) is 0 Å². The third-order valence-electron chi connectivity index (χ3n) is 8.26. The molecule has 12 heteroatoms. The van der Waals surface area contributed by atoms with Crippen LogP contribution in [-0.2, 0) is 12.8 Å². The quantitative estimate of drug-likeness (QED) is 0.241. The van der Waals surface area contributed by atoms with E-state index >= 15 is 0 Å². The van der Waals surface area contributed by atoms with Crippen LogP contribution in [-0.4, -0.2) is 72.3 Å². The normalized spacial score (nSPS) is 15.1. The lowest BCUT2D eigenvalue weighted by Crippen LogP contribution is -2.47. The molecular formula is C33H46N12. The lowest BCUT2D eigenvalue weighted by Gasteiger charge is -2.38. The first kappa shape index (κ1) is 31.4. The van der Waals surface area contributed by atoms with E-state index in [9.17, 15) is 0 Å². The maximum Gasteiger partial charge on any atom is 0.222 e. The van der Waals surface area contributed by atoms with Crippen molar-refractivity contribution < 1.29 is 0 Å². The van der Waals surface area contributed by atoms with Gasteiger partial charge in [-0.3, -0.25) is 0 Å². The molecule has 0 bridgehead atoms. The lowest BCUT2D eigenvalue weighted by atomic mass is 10.1. The number of aromatic nitrogens is 4. The summed E-state index contributed by atoms with van der Waals surface area (Å²) in [6.07, 6.45) is 2.67. The summed E-state index contributed by atoms with van der Waals surface area (Å²) in [6.45, 7) is 11.6. The van der Waals surface area contributed by atoms with E-state index in [0.717, 1.165) is 94.4 Å². The van der Waals surface area contributed by atoms with Gasteiger partial charge in [0.1, 0.15) is 11.4 Å². The Kier molecular flexibility index (Phi) is 10.2. The summed E-state index contributed by atoms with van der Waals surface area (Å²) in [7, 11) is 0. The molecule has 4 heterocycles. The summed E-state index contributed by atoms with van der Waals surface area (Å²) < 4.78 is 0. The van der Waals surface area contributed by atoms with Crippen molar-refractivity contribution in [3.05, 3.63) is 72.1 Å². The number of aryl methyl sites for hydroxylation is 2. The number of rotatable bonds is 7. The zero-order valence-corrected chi connectivity index (χ0v) is 26.4. The van der Waals surface area contributed by atoms with Crippen LogP contribution in [0.15, 0.2) is 60.7 Å². The number of para-hydroxylation sites is 2. The maximum atomic E-state index is 6.14. The van der Waals surface area contributed by atoms with E-state index in [-0.39, 0.29) is 11.9 Å². The second kappa shape index (κ2) is 14.7. The van der Waals surface area contributed by atoms with Gasteiger partial charge in [-0.1, -0.05) is 56.7 Å². The van der Waals surface area contributed by atoms with Gasteiger partial charge in [0.15, 0.2) is 11.6 Å². The zero-order valence-electron chi connectivity index (χ0n) is 26.4. The Balaban J connectivity index is 0.000000178. The van der Waals surface area contributed by atoms with Crippen LogP contribution < -0.4 is 42.5 Å². The summed E-state index contributed by atoms with van der Waals surface area (Å²) >= 11 is 0. The Morgan fingerprint density at radius 2 is 0.889 bits per heavy atom. The number of piperazine rings is 2. The van der Waals surface area contributed by atoms with Gasteiger partial charge in [0.25, 0.3) is 0 Å². The van der Waals surface area contributed by atoms with E-state index < -0.39 is 0 Å². The fraction of sp³-hybridized carbons (Fsp3) is 0.394. The predicted octanol–water partition coefficient (Wildman–Crippen LogP) is 3.45. The fourth-order valence-corrected chi connectivity index (χ4v) is 6.08. The van der Waals surface area contributed by atoms with Crippen LogP contribution in [0.3, 0.4) is 0 Å². The van der Waals surface area contributed by atoms with Crippen molar-refractivity contribution >= 4 is 46.3 Å². The molecule has 0 spiro atoms. The van der Waals surface area contributed by atoms with Gasteiger partial charge in [0.05, 0.1) is 11.4 Å². The van der Waals surface area contributed by atoms with Crippen molar-refractivity contribution in [1.82, 2.24) is 19.9 Å². The highest BCUT2D eigenvalue weighted by Crippen LogP contribution is 2.30. The van der Waals surface area contributed by atoms with Crippen LogP contribution in [0.25, 0.3) is 0 Å². The van der Waals surface area contributed by atoms with Crippen molar-refractivity contribution in [2.24, 2.45) is 0 Å². The summed E-state index contributed by atoms with van der Waals surface area (Å²) in [4.78, 5) is 26.4. The molecule has 4 aromatic rings. The van der Waals surface area contributed by atoms with E-state index in [1.807, 2.05) is 12.1 Å². The highest BCUT2D eigenvalue weighted by Gasteiger charge is 2.24. The predicted molar refractivity (Wildman–Crippen MR) is 187 cm³/mol. The Morgan fingerprint density at radius 3 is 1.29 bits per heavy atom. The summed E-state index contributed by atoms with van der Waals surface area (Å²) in [5.41, 5.74) is 30.0. The van der Waals surface area contributed by atoms with Gasteiger partial charge >= 0.3 is 0 Å². The molecule has 2 aliphatic rings. The number of anilines is 8. The molecule has 2 aromatic carbocycles. The first-order valence-electron chi connectivity index (χ1n) is 15.8. The largest absolute Gasteiger partial charge is 0.382 e. The third kappa shape index (κ3) is 7.57. The Labute approximate surface area is 266 Å². The van der Waals surface area contributed by atoms with Crippen LogP contribution in [0.5, 0.6) is 0 Å². The first-order valence-corrected chi connectivity index (χ1v) is 15.8. The SMILES string of the molecule is CCCc1nc(N)nc(N)c1N1CCN(c2ccccc2)CC1.CCc1nc(N)nc(N)c1N1CCN(c2ccccc2)CC1. The topological polar surface area (TPSA) is 169 Å². The van der Waals surface area contributed by atoms with Crippen LogP contribution in [0, 0.1) is 0 Å². The van der Waals surface area contributed by atoms with Crippen molar-refractivity contribution in [3.8, 4) is 0 Å². The molecule has 0 amide bonds. The average Bonchev–Trinajstić information content (AvgIpc) is 3.06. The molecule has 2 fully saturated rings. The average molecular weight is 611 g/mol. The first-order chi connectivity index (χ1) is 21.9. The number of nitrogen functional groups attached to an aromatic ring is 4. The van der Waals surface area contributed by atoms with Gasteiger partial charge in [0, 0.05) is 63.7 Å². The molecule has 8 N–H and O–H groups in total. The van der Waals surface area contributed by atoms with Crippen molar-refractivity contribution in [2.75, 3.05) is 94.9 Å². The minimum atomic E-state index is 0.251. The van der Waals surface area contributed by atoms with E-state index in [0.29, 0.717) is 11.6 Å². The monoisotopic (exact) mass is 610 g/mol. The van der Waals surface area contributed by atoms with Crippen LogP contribution >= 0.6 is 0 Å². The molecule has 6 rings (SSSR count). The van der Waals surface area contributed by atoms with Gasteiger partial charge < -0.3 is 42.5 Å². The van der Waals surface area contributed by atoms with Gasteiger partial charge in [-0.05, 0) is 37.1 Å². The second-order valence-corrected chi connectivity index (χ2v) is 11.2. The second-order valence-electron chi connectivity index (χ2n) is 11.2. The van der Waals surface area contributed by atoms with Crippen LogP contribution in [0.1, 0.15) is 31.7 Å². The molecule has 0 unspecified atom stereocenters. The van der Waals surface area contributed by atoms with Crippen molar-refractivity contribution in [2.45, 2.75) is 33.1 Å². The number of nitrogens with two attached hydrogens (primary N) is 4. The lowest BCUT2D eigenvalue weighted by molar-refractivity contribution is 0.648. The zero-order chi connectivity index (χ0) is 31.8. The van der Waals surface area contributed by atoms with Gasteiger partial charge in [0.2, 0.25) is 11.9 Å². The van der Waals surface area contributed by atoms with E-state index in [2.05, 4.69) is 102 Å². The Bertz CT molecular complexity index is 1520. The molecule has 12 nitrogen and oxygen atoms in total. The van der Waals surface area contributed by atoms with Crippen molar-refractivity contribution in [1.29, 1.82) is 0 Å². The Hall–Kier alpha value is -5.00. The molecule has 45 heavy (non-hydrogen) atoms. The molecule has 2 aromatic heterocycles. The highest BCUT2D eigenvalue weighted by atomic mass is 15.3. The number of hydrogen-bond acceptors (Lipinski definition) is 12. The molecule has 0 aliphatic carbocycles. The van der Waals surface area contributed by atoms with E-state index in [4.69, 9.17) is 22.9 Å². The molecule has 0 radical (unpaired) electrons. The fourth-order valence-electron chi connectivity index (χ4n) is 6.08. The molecule has 0 atom stereocenters. The van der Waals surface area contributed by atoms with Gasteiger partial charge in [-0.15, -0.1) is 0 Å². The summed E-state index contributed by atoms with van der Waals surface area (Å²) in [5, 5.41) is 0. The number of hydrogen-bond donors (Lipinski definition) is 4. The summed E-state index contributed by atoms with van der Waals surface area (Å²) in [5.74, 6) is 1.49. The minimum Gasteiger partial charge on any atom is -0.382 e. The molecule has 0 saturated carbocycles. The maximum absolute atomic E-state index is 6.14. The summed E-state index contributed by atoms with van der Waals surface area (Å²) in [6, 6.07) is 21.0. The molecule has 238 valence electrons. The Morgan fingerprint density at radius 1 is 0.511 bits per heavy atom. The standard InChI is InChI=1S/C17H24N6.C16H22N6/c1-2-6-14-15(16(18)21-17(19)20-14)23-11-9-22(10-12-23)13-7-4-3-5-8-13;1-2-13-14(15(17)20-16(18)19-13)22-10-8-21(9-11-22)12-6-4-3-5-7-12/h3-5,7-8H,2,6,9-12H2,1H3,(H4,18,19,20,21);3-7H,2,8-11H2,1H3,(H4,17,18,19,20). The van der Waals surface area contributed by atoms with Gasteiger partial charge in [-0.2, -0.15) is 9.97 Å². The molecular weight excluding hydrogens is 564 g/mol. The van der Waals surface area contributed by atoms with Gasteiger partial charge in [-0.25, -0.2) is 9.97 Å². The van der Waals surface area contributed by atoms with E-state index in [1.165, 1.54) is 11.4 Å². The minimum absolute atomic E-state index is 0.251. The molecule has 2 aliphatic heterocycles. The smallest absolute Gasteiger partial charge is 0.222 e. The highest BCUT2D eigenvalue weighted by molar-refractivity contribution is 5.69. The van der Waals surface area contributed by atoms with Crippen LogP contribution in [0.2, 0.25) is 0 Å². The molecule has 2 saturated heterocycles. The third-order valence-corrected chi connectivity index (χ3v) is 8.26. The van der Waals surface area contributed by atoms with Crippen LogP contribution in [0.4, 0.5) is 46.3 Å². The van der Waals surface area contributed by atoms with Crippen molar-refractivity contribution in [3.63, 3.8) is 0 Å².